The predicted octanol–water partition coefficient (Wildman–Crippen LogP) is 5.50. The van der Waals surface area contributed by atoms with E-state index in [1.807, 2.05) is 24.3 Å². The van der Waals surface area contributed by atoms with Gasteiger partial charge < -0.3 is 4.74 Å². The van der Waals surface area contributed by atoms with Crippen LogP contribution in [-0.4, -0.2) is 13.4 Å². The molecule has 0 aromatic heterocycles. The molecule has 0 radical (unpaired) electrons. The van der Waals surface area contributed by atoms with Gasteiger partial charge in [0.25, 0.3) is 0 Å². The molecule has 0 amide bonds. The Morgan fingerprint density at radius 3 is 2.43 bits per heavy atom. The van der Waals surface area contributed by atoms with Crippen LogP contribution in [0.2, 0.25) is 0 Å². The van der Waals surface area contributed by atoms with Crippen LogP contribution in [0, 0.1) is 25.7 Å². The number of methoxy groups -OCH3 is 1. The molecule has 0 aliphatic rings. The molecule has 0 saturated carbocycles. The normalized spacial score (nSPS) is 11.2. The molecule has 3 rings (SSSR count). The second kappa shape index (κ2) is 9.06. The SMILES string of the molecule is COc1cccc(C(C#Cc2ccc(C=O)cc2)Cc2ccc(C)c(C)c2)c1. The van der Waals surface area contributed by atoms with Crippen molar-refractivity contribution in [2.45, 2.75) is 26.2 Å². The van der Waals surface area contributed by atoms with Gasteiger partial charge in [-0.1, -0.05) is 54.3 Å². The van der Waals surface area contributed by atoms with Gasteiger partial charge in [0.1, 0.15) is 12.0 Å². The Hall–Kier alpha value is -3.31. The molecule has 3 aromatic carbocycles. The Kier molecular flexibility index (Phi) is 6.29. The number of hydrogen-bond donors (Lipinski definition) is 0. The number of rotatable bonds is 5. The molecule has 0 heterocycles. The van der Waals surface area contributed by atoms with Gasteiger partial charge >= 0.3 is 0 Å². The summed E-state index contributed by atoms with van der Waals surface area (Å²) in [6.45, 7) is 4.26. The highest BCUT2D eigenvalue weighted by Gasteiger charge is 2.11. The van der Waals surface area contributed by atoms with Crippen LogP contribution in [0.25, 0.3) is 0 Å². The molecule has 0 saturated heterocycles. The quantitative estimate of drug-likeness (QED) is 0.439. The first-order chi connectivity index (χ1) is 13.6. The third-order valence-corrected chi connectivity index (χ3v) is 4.94. The number of hydrogen-bond acceptors (Lipinski definition) is 2. The van der Waals surface area contributed by atoms with Crippen molar-refractivity contribution in [1.82, 2.24) is 0 Å². The number of aryl methyl sites for hydroxylation is 2. The van der Waals surface area contributed by atoms with Gasteiger partial charge in [-0.25, -0.2) is 0 Å². The molecule has 140 valence electrons. The minimum absolute atomic E-state index is 0.0444. The van der Waals surface area contributed by atoms with Crippen molar-refractivity contribution < 1.29 is 9.53 Å². The maximum absolute atomic E-state index is 10.8. The second-order valence-electron chi connectivity index (χ2n) is 6.96. The zero-order valence-corrected chi connectivity index (χ0v) is 16.5. The summed E-state index contributed by atoms with van der Waals surface area (Å²) >= 11 is 0. The molecule has 0 spiro atoms. The number of ether oxygens (including phenoxy) is 1. The van der Waals surface area contributed by atoms with Gasteiger partial charge in [0.05, 0.1) is 7.11 Å². The average Bonchev–Trinajstić information content (AvgIpc) is 2.74. The van der Waals surface area contributed by atoms with Gasteiger partial charge in [-0.15, -0.1) is 0 Å². The Labute approximate surface area is 167 Å². The maximum atomic E-state index is 10.8. The van der Waals surface area contributed by atoms with Crippen LogP contribution >= 0.6 is 0 Å². The van der Waals surface area contributed by atoms with Crippen LogP contribution in [-0.2, 0) is 6.42 Å². The number of benzene rings is 3. The summed E-state index contributed by atoms with van der Waals surface area (Å²) in [5.74, 6) is 7.58. The van der Waals surface area contributed by atoms with Crippen molar-refractivity contribution in [2.75, 3.05) is 7.11 Å². The van der Waals surface area contributed by atoms with Crippen LogP contribution in [0.5, 0.6) is 5.75 Å². The van der Waals surface area contributed by atoms with Gasteiger partial charge in [-0.05, 0) is 66.8 Å². The summed E-state index contributed by atoms with van der Waals surface area (Å²) in [5.41, 5.74) is 6.54. The minimum Gasteiger partial charge on any atom is -0.497 e. The molecule has 0 N–H and O–H groups in total. The van der Waals surface area contributed by atoms with Crippen LogP contribution in [0.1, 0.15) is 44.1 Å². The van der Waals surface area contributed by atoms with E-state index in [-0.39, 0.29) is 5.92 Å². The molecule has 28 heavy (non-hydrogen) atoms. The average molecular weight is 368 g/mol. The fourth-order valence-corrected chi connectivity index (χ4v) is 3.09. The zero-order valence-electron chi connectivity index (χ0n) is 16.5. The smallest absolute Gasteiger partial charge is 0.150 e. The highest BCUT2D eigenvalue weighted by Crippen LogP contribution is 2.25. The first kappa shape index (κ1) is 19.5. The topological polar surface area (TPSA) is 26.3 Å². The molecule has 2 nitrogen and oxygen atoms in total. The van der Waals surface area contributed by atoms with E-state index < -0.39 is 0 Å². The number of carbonyl (C=O) groups is 1. The molecule has 0 aliphatic heterocycles. The Balaban J connectivity index is 1.94. The van der Waals surface area contributed by atoms with E-state index in [4.69, 9.17) is 4.74 Å². The van der Waals surface area contributed by atoms with Crippen LogP contribution in [0.4, 0.5) is 0 Å². The van der Waals surface area contributed by atoms with Gasteiger partial charge in [-0.3, -0.25) is 4.79 Å². The van der Waals surface area contributed by atoms with E-state index in [1.165, 1.54) is 16.7 Å². The lowest BCUT2D eigenvalue weighted by Crippen LogP contribution is -2.02. The molecule has 1 unspecified atom stereocenters. The molecule has 3 aromatic rings. The molecule has 0 aliphatic carbocycles. The van der Waals surface area contributed by atoms with E-state index in [2.05, 4.69) is 56.0 Å². The highest BCUT2D eigenvalue weighted by atomic mass is 16.5. The monoisotopic (exact) mass is 368 g/mol. The summed E-state index contributed by atoms with van der Waals surface area (Å²) in [7, 11) is 1.68. The summed E-state index contributed by atoms with van der Waals surface area (Å²) in [6.07, 6.45) is 1.67. The number of carbonyl (C=O) groups excluding carboxylic acids is 1. The molecule has 0 bridgehead atoms. The molecule has 2 heteroatoms. The van der Waals surface area contributed by atoms with E-state index in [0.717, 1.165) is 29.6 Å². The Morgan fingerprint density at radius 1 is 0.964 bits per heavy atom. The Bertz CT molecular complexity index is 1020. The van der Waals surface area contributed by atoms with Crippen LogP contribution < -0.4 is 4.74 Å². The maximum Gasteiger partial charge on any atom is 0.150 e. The van der Waals surface area contributed by atoms with Crippen molar-refractivity contribution in [3.8, 4) is 17.6 Å². The lowest BCUT2D eigenvalue weighted by atomic mass is 9.91. The molecule has 1 atom stereocenters. The van der Waals surface area contributed by atoms with Crippen molar-refractivity contribution in [2.24, 2.45) is 0 Å². The predicted molar refractivity (Wildman–Crippen MR) is 114 cm³/mol. The standard InChI is InChI=1S/C26H24O2/c1-19-7-8-23(15-20(19)2)16-25(24-5-4-6-26(17-24)28-3)14-13-21-9-11-22(18-27)12-10-21/h4-12,15,17-18,25H,16H2,1-3H3. The van der Waals surface area contributed by atoms with E-state index >= 15 is 0 Å². The minimum atomic E-state index is 0.0444. The third-order valence-electron chi connectivity index (χ3n) is 4.94. The summed E-state index contributed by atoms with van der Waals surface area (Å²) in [5, 5.41) is 0. The fourth-order valence-electron chi connectivity index (χ4n) is 3.09. The third kappa shape index (κ3) is 4.90. The fraction of sp³-hybridized carbons (Fsp3) is 0.192. The highest BCUT2D eigenvalue weighted by molar-refractivity contribution is 5.74. The first-order valence-electron chi connectivity index (χ1n) is 9.36. The van der Waals surface area contributed by atoms with E-state index in [1.54, 1.807) is 19.2 Å². The van der Waals surface area contributed by atoms with E-state index in [9.17, 15) is 4.79 Å². The van der Waals surface area contributed by atoms with Crippen molar-refractivity contribution >= 4 is 6.29 Å². The van der Waals surface area contributed by atoms with Crippen molar-refractivity contribution in [3.63, 3.8) is 0 Å². The lowest BCUT2D eigenvalue weighted by molar-refractivity contribution is 0.112. The van der Waals surface area contributed by atoms with E-state index in [0.29, 0.717) is 5.56 Å². The second-order valence-corrected chi connectivity index (χ2v) is 6.96. The van der Waals surface area contributed by atoms with Gasteiger partial charge in [0, 0.05) is 17.0 Å². The van der Waals surface area contributed by atoms with Gasteiger partial charge in [0.2, 0.25) is 0 Å². The molecular weight excluding hydrogens is 344 g/mol. The van der Waals surface area contributed by atoms with Crippen molar-refractivity contribution in [3.05, 3.63) is 100 Å². The van der Waals surface area contributed by atoms with Crippen LogP contribution in [0.15, 0.2) is 66.7 Å². The van der Waals surface area contributed by atoms with Gasteiger partial charge in [-0.2, -0.15) is 0 Å². The first-order valence-corrected chi connectivity index (χ1v) is 9.36. The van der Waals surface area contributed by atoms with Crippen molar-refractivity contribution in [1.29, 1.82) is 0 Å². The lowest BCUT2D eigenvalue weighted by Gasteiger charge is -2.14. The molecular formula is C26H24O2. The summed E-state index contributed by atoms with van der Waals surface area (Å²) < 4.78 is 5.40. The number of aldehydes is 1. The Morgan fingerprint density at radius 2 is 1.75 bits per heavy atom. The summed E-state index contributed by atoms with van der Waals surface area (Å²) in [4.78, 5) is 10.8. The molecule has 0 fully saturated rings. The zero-order chi connectivity index (χ0) is 19.9. The largest absolute Gasteiger partial charge is 0.497 e. The van der Waals surface area contributed by atoms with Crippen LogP contribution in [0.3, 0.4) is 0 Å². The van der Waals surface area contributed by atoms with Gasteiger partial charge in [0.15, 0.2) is 0 Å². The summed E-state index contributed by atoms with van der Waals surface area (Å²) in [6, 6.07) is 22.0.